The summed E-state index contributed by atoms with van der Waals surface area (Å²) < 4.78 is 0. The zero-order valence-electron chi connectivity index (χ0n) is 14.7. The molecule has 1 aromatic carbocycles. The van der Waals surface area contributed by atoms with Crippen molar-refractivity contribution in [1.82, 2.24) is 15.1 Å². The molecule has 0 bridgehead atoms. The summed E-state index contributed by atoms with van der Waals surface area (Å²) in [5.74, 6) is 0.247. The second-order valence-corrected chi connectivity index (χ2v) is 7.04. The van der Waals surface area contributed by atoms with E-state index in [1.807, 2.05) is 7.05 Å². The van der Waals surface area contributed by atoms with Gasteiger partial charge >= 0.3 is 0 Å². The maximum absolute atomic E-state index is 12.3. The summed E-state index contributed by atoms with van der Waals surface area (Å²) in [6.45, 7) is 4.21. The van der Waals surface area contributed by atoms with E-state index in [2.05, 4.69) is 45.4 Å². The van der Waals surface area contributed by atoms with E-state index >= 15 is 0 Å². The van der Waals surface area contributed by atoms with Crippen LogP contribution in [0.15, 0.2) is 30.3 Å². The van der Waals surface area contributed by atoms with E-state index in [0.717, 1.165) is 26.2 Å². The number of halogens is 1. The summed E-state index contributed by atoms with van der Waals surface area (Å²) >= 11 is 0. The number of rotatable bonds is 4. The fourth-order valence-corrected chi connectivity index (χ4v) is 4.22. The second-order valence-electron chi connectivity index (χ2n) is 7.04. The lowest BCUT2D eigenvalue weighted by Crippen LogP contribution is -2.64. The third-order valence-corrected chi connectivity index (χ3v) is 5.48. The zero-order valence-corrected chi connectivity index (χ0v) is 15.5. The Labute approximate surface area is 152 Å². The lowest BCUT2D eigenvalue weighted by Gasteiger charge is -2.53. The molecule has 1 heterocycles. The van der Waals surface area contributed by atoms with Crippen LogP contribution >= 0.6 is 12.4 Å². The van der Waals surface area contributed by atoms with E-state index in [-0.39, 0.29) is 23.9 Å². The van der Waals surface area contributed by atoms with Crippen LogP contribution in [0.4, 0.5) is 0 Å². The van der Waals surface area contributed by atoms with Crippen LogP contribution in [-0.4, -0.2) is 54.5 Å². The number of amides is 1. The molecule has 1 spiro atoms. The van der Waals surface area contributed by atoms with Crippen molar-refractivity contribution >= 4 is 18.3 Å². The maximum atomic E-state index is 12.3. The molecule has 3 rings (SSSR count). The van der Waals surface area contributed by atoms with Crippen molar-refractivity contribution < 1.29 is 4.79 Å². The lowest BCUT2D eigenvalue weighted by molar-refractivity contribution is -0.137. The van der Waals surface area contributed by atoms with Crippen LogP contribution in [0.25, 0.3) is 0 Å². The van der Waals surface area contributed by atoms with Crippen LogP contribution in [0, 0.1) is 0 Å². The number of likely N-dealkylation sites (N-methyl/N-ethyl adjacent to an activating group) is 1. The summed E-state index contributed by atoms with van der Waals surface area (Å²) in [7, 11) is 1.85. The first-order valence-corrected chi connectivity index (χ1v) is 8.95. The molecule has 1 aliphatic carbocycles. The maximum Gasteiger partial charge on any atom is 0.236 e. The topological polar surface area (TPSA) is 35.6 Å². The van der Waals surface area contributed by atoms with Crippen LogP contribution in [0.1, 0.15) is 37.7 Å². The third kappa shape index (κ3) is 4.29. The predicted octanol–water partition coefficient (Wildman–Crippen LogP) is 2.67. The Balaban J connectivity index is 0.00000208. The first-order valence-electron chi connectivity index (χ1n) is 8.95. The normalized spacial score (nSPS) is 20.6. The van der Waals surface area contributed by atoms with E-state index in [0.29, 0.717) is 6.54 Å². The number of carbonyl (C=O) groups is 1. The molecule has 4 nitrogen and oxygen atoms in total. The van der Waals surface area contributed by atoms with Crippen molar-refractivity contribution in [1.29, 1.82) is 0 Å². The number of hydrogen-bond acceptors (Lipinski definition) is 3. The highest BCUT2D eigenvalue weighted by molar-refractivity contribution is 5.85. The Morgan fingerprint density at radius 2 is 1.83 bits per heavy atom. The molecule has 0 unspecified atom stereocenters. The van der Waals surface area contributed by atoms with E-state index in [9.17, 15) is 4.79 Å². The van der Waals surface area contributed by atoms with Gasteiger partial charge in [0, 0.05) is 31.7 Å². The van der Waals surface area contributed by atoms with Crippen molar-refractivity contribution in [3.05, 3.63) is 35.9 Å². The minimum Gasteiger partial charge on any atom is -0.338 e. The molecule has 24 heavy (non-hydrogen) atoms. The van der Waals surface area contributed by atoms with Gasteiger partial charge in [0.15, 0.2) is 0 Å². The molecule has 1 aliphatic heterocycles. The molecule has 1 aromatic rings. The van der Waals surface area contributed by atoms with Crippen molar-refractivity contribution in [2.24, 2.45) is 0 Å². The van der Waals surface area contributed by atoms with Gasteiger partial charge in [0.05, 0.1) is 6.54 Å². The Kier molecular flexibility index (Phi) is 7.08. The molecular formula is C19H30ClN3O. The Hall–Kier alpha value is -1.10. The molecule has 1 saturated carbocycles. The van der Waals surface area contributed by atoms with Gasteiger partial charge < -0.3 is 10.2 Å². The fourth-order valence-electron chi connectivity index (χ4n) is 4.22. The first kappa shape index (κ1) is 19.2. The molecule has 1 amide bonds. The Morgan fingerprint density at radius 3 is 2.50 bits per heavy atom. The van der Waals surface area contributed by atoms with Crippen molar-refractivity contribution in [3.8, 4) is 0 Å². The largest absolute Gasteiger partial charge is 0.338 e. The molecule has 1 saturated heterocycles. The second kappa shape index (κ2) is 8.84. The molecule has 0 radical (unpaired) electrons. The fraction of sp³-hybridized carbons (Fsp3) is 0.632. The highest BCUT2D eigenvalue weighted by Crippen LogP contribution is 2.37. The van der Waals surface area contributed by atoms with Gasteiger partial charge in [0.1, 0.15) is 0 Å². The van der Waals surface area contributed by atoms with Crippen molar-refractivity contribution in [2.45, 2.75) is 44.2 Å². The smallest absolute Gasteiger partial charge is 0.236 e. The number of carbonyl (C=O) groups excluding carboxylic acids is 1. The molecule has 0 atom stereocenters. The molecule has 5 heteroatoms. The summed E-state index contributed by atoms with van der Waals surface area (Å²) in [6, 6.07) is 10.8. The lowest BCUT2D eigenvalue weighted by atomic mass is 9.78. The van der Waals surface area contributed by atoms with Gasteiger partial charge in [-0.25, -0.2) is 0 Å². The van der Waals surface area contributed by atoms with Gasteiger partial charge in [-0.3, -0.25) is 9.69 Å². The van der Waals surface area contributed by atoms with E-state index < -0.39 is 0 Å². The van der Waals surface area contributed by atoms with Gasteiger partial charge in [0.2, 0.25) is 5.91 Å². The molecule has 1 N–H and O–H groups in total. The monoisotopic (exact) mass is 351 g/mol. The minimum atomic E-state index is 0. The zero-order chi connectivity index (χ0) is 16.1. The molecule has 2 aliphatic rings. The Morgan fingerprint density at radius 1 is 1.12 bits per heavy atom. The third-order valence-electron chi connectivity index (χ3n) is 5.48. The average Bonchev–Trinajstić information content (AvgIpc) is 2.59. The number of piperazine rings is 1. The Bertz CT molecular complexity index is 517. The van der Waals surface area contributed by atoms with Crippen LogP contribution < -0.4 is 5.32 Å². The van der Waals surface area contributed by atoms with Crippen LogP contribution in [0.3, 0.4) is 0 Å². The summed E-state index contributed by atoms with van der Waals surface area (Å²) in [4.78, 5) is 17.1. The van der Waals surface area contributed by atoms with Crippen molar-refractivity contribution in [3.63, 3.8) is 0 Å². The number of nitrogens with zero attached hydrogens (tertiary/aromatic N) is 2. The first-order chi connectivity index (χ1) is 11.2. The van der Waals surface area contributed by atoms with E-state index in [1.54, 1.807) is 0 Å². The van der Waals surface area contributed by atoms with Gasteiger partial charge in [-0.2, -0.15) is 0 Å². The predicted molar refractivity (Wildman–Crippen MR) is 100 cm³/mol. The van der Waals surface area contributed by atoms with E-state index in [1.165, 1.54) is 37.7 Å². The van der Waals surface area contributed by atoms with Gasteiger partial charge in [-0.1, -0.05) is 49.6 Å². The average molecular weight is 352 g/mol. The van der Waals surface area contributed by atoms with E-state index in [4.69, 9.17) is 0 Å². The molecule has 0 aromatic heterocycles. The molecule has 134 valence electrons. The summed E-state index contributed by atoms with van der Waals surface area (Å²) in [5, 5.41) is 3.00. The van der Waals surface area contributed by atoms with Gasteiger partial charge in [-0.05, 0) is 25.5 Å². The van der Waals surface area contributed by atoms with Gasteiger partial charge in [-0.15, -0.1) is 12.4 Å². The summed E-state index contributed by atoms with van der Waals surface area (Å²) in [6.07, 6.45) is 6.37. The summed E-state index contributed by atoms with van der Waals surface area (Å²) in [5.41, 5.74) is 1.57. The number of nitrogens with one attached hydrogen (secondary N) is 1. The minimum absolute atomic E-state index is 0. The van der Waals surface area contributed by atoms with Crippen molar-refractivity contribution in [2.75, 3.05) is 33.2 Å². The van der Waals surface area contributed by atoms with Crippen LogP contribution in [0.2, 0.25) is 0 Å². The number of benzene rings is 1. The van der Waals surface area contributed by atoms with Gasteiger partial charge in [0.25, 0.3) is 0 Å². The standard InChI is InChI=1S/C19H29N3O.ClH/c1-20-14-18(23)21-12-13-22(15-17-8-4-2-5-9-17)19(16-21)10-6-3-7-11-19;/h2,4-5,8-9,20H,3,6-7,10-16H2,1H3;1H. The molecule has 2 fully saturated rings. The molecular weight excluding hydrogens is 322 g/mol. The SMILES string of the molecule is CNCC(=O)N1CCN(Cc2ccccc2)C2(CCCCC2)C1.Cl. The number of hydrogen-bond donors (Lipinski definition) is 1. The van der Waals surface area contributed by atoms with Crippen LogP contribution in [-0.2, 0) is 11.3 Å². The highest BCUT2D eigenvalue weighted by Gasteiger charge is 2.43. The quantitative estimate of drug-likeness (QED) is 0.905. The highest BCUT2D eigenvalue weighted by atomic mass is 35.5. The van der Waals surface area contributed by atoms with Crippen LogP contribution in [0.5, 0.6) is 0 Å².